The van der Waals surface area contributed by atoms with Gasteiger partial charge in [-0.25, -0.2) is 4.98 Å². The summed E-state index contributed by atoms with van der Waals surface area (Å²) < 4.78 is 0. The maximum atomic E-state index is 15.6. The third-order valence-corrected chi connectivity index (χ3v) is 24.4. The minimum absolute atomic E-state index is 0.00799. The van der Waals surface area contributed by atoms with Crippen LogP contribution in [0.1, 0.15) is 94.2 Å². The van der Waals surface area contributed by atoms with E-state index >= 15 is 19.2 Å². The second kappa shape index (κ2) is 49.6. The van der Waals surface area contributed by atoms with E-state index in [0.717, 1.165) is 37.6 Å². The number of guanidine groups is 1. The number of likely N-dealkylation sites (N-methyl/N-ethyl adjacent to an activating group) is 2. The summed E-state index contributed by atoms with van der Waals surface area (Å²) in [6.07, 6.45) is 3.80. The largest absolute Gasteiger partial charge is 0.394 e. The number of aliphatic hydroxyl groups excluding tert-OH is 1. The molecule has 17 amide bonds. The number of nitrogens with zero attached hydrogens (tertiary/aromatic N) is 4. The second-order valence-electron chi connectivity index (χ2n) is 33.9. The van der Waals surface area contributed by atoms with Crippen molar-refractivity contribution in [2.75, 3.05) is 58.4 Å². The van der Waals surface area contributed by atoms with E-state index in [-0.39, 0.29) is 83.2 Å². The predicted molar refractivity (Wildman–Crippen MR) is 503 cm³/mol. The lowest BCUT2D eigenvalue weighted by Gasteiger charge is -2.32. The number of carbonyl (C=O) groups excluding carboxylic acids is 17. The lowest BCUT2D eigenvalue weighted by Crippen LogP contribution is -2.61. The van der Waals surface area contributed by atoms with E-state index in [1.807, 2.05) is 30.3 Å². The number of benzene rings is 5. The number of H-pyrrole nitrogens is 3. The molecule has 43 heteroatoms. The van der Waals surface area contributed by atoms with Gasteiger partial charge >= 0.3 is 0 Å². The van der Waals surface area contributed by atoms with Crippen molar-refractivity contribution >= 4 is 140 Å². The molecule has 2 aliphatic rings. The molecule has 0 saturated carbocycles. The van der Waals surface area contributed by atoms with E-state index < -0.39 is 223 Å². The number of nitrogens with one attached hydrogen (secondary N) is 17. The Bertz CT molecular complexity index is 5610. The topological polar surface area (TPSA) is 639 Å². The smallest absolute Gasteiger partial charge is 0.246 e. The molecular weight excluding hydrogens is 1770 g/mol. The van der Waals surface area contributed by atoms with Gasteiger partial charge < -0.3 is 121 Å². The summed E-state index contributed by atoms with van der Waals surface area (Å²) in [5.41, 5.74) is 22.0. The third kappa shape index (κ3) is 29.5. The third-order valence-electron chi connectivity index (χ3n) is 23.4. The van der Waals surface area contributed by atoms with Gasteiger partial charge in [0.05, 0.1) is 38.2 Å². The first kappa shape index (κ1) is 103. The highest BCUT2D eigenvalue weighted by atomic mass is 32.2. The van der Waals surface area contributed by atoms with Crippen molar-refractivity contribution in [1.29, 1.82) is 5.41 Å². The molecule has 0 aliphatic carbocycles. The first-order valence-corrected chi connectivity index (χ1v) is 45.7. The zero-order valence-corrected chi connectivity index (χ0v) is 77.0. The highest BCUT2D eigenvalue weighted by Gasteiger charge is 2.43. The van der Waals surface area contributed by atoms with Crippen LogP contribution in [-0.2, 0) is 114 Å². The Morgan fingerprint density at radius 3 is 1.57 bits per heavy atom. The van der Waals surface area contributed by atoms with Crippen LogP contribution >= 0.6 is 11.8 Å². The minimum Gasteiger partial charge on any atom is -0.394 e. The fourth-order valence-corrected chi connectivity index (χ4v) is 16.7. The molecule has 136 heavy (non-hydrogen) atoms. The number of amides is 17. The molecule has 24 N–H and O–H groups in total. The summed E-state index contributed by atoms with van der Waals surface area (Å²) in [6.45, 7) is 3.36. The Balaban J connectivity index is 1.000. The SMILES string of the molecule is CC(C)C[C@@H]1NC(=O)[C@H](Cc2cnc[nH]2)NC(=O)C2CCCN2C(=O)[C@H](CC(N)=O)NC(=O)[C@H](C)N(C)C(=O)[C@H](Cc2ccccc2)NC(=O)CSC[C@@H](C(=O)NCC(N)=O)NC(=O)[C@H](CCCNC(=N)N)NC(=O)[C@H](C)N(C)C(=O)[C@H](Cc2ccc(-c3ccccc3)cc2)NC(=O)[C@H](Cc2c[nH]c3ccccc23)NC(=O)[C@H](CO)NC(=O)[C@H](Cc2c[nH]c3ccccc23)NC(=O)CNC1=O. The summed E-state index contributed by atoms with van der Waals surface area (Å²) in [5.74, 6) is -17.9. The number of primary amides is 2. The van der Waals surface area contributed by atoms with Gasteiger partial charge in [0.2, 0.25) is 100 Å². The van der Waals surface area contributed by atoms with Gasteiger partial charge in [-0.3, -0.25) is 86.9 Å². The molecule has 2 fully saturated rings. The first-order valence-electron chi connectivity index (χ1n) is 44.5. The lowest BCUT2D eigenvalue weighted by atomic mass is 9.99. The first-order chi connectivity index (χ1) is 65.0. The molecule has 2 aliphatic heterocycles. The number of nitrogens with two attached hydrogens (primary N) is 3. The van der Waals surface area contributed by atoms with E-state index in [2.05, 4.69) is 89.1 Å². The van der Waals surface area contributed by atoms with Crippen LogP contribution in [-0.4, -0.2) is 283 Å². The average Bonchev–Trinajstić information content (AvgIpc) is 1.69. The number of hydrogen-bond donors (Lipinski definition) is 21. The van der Waals surface area contributed by atoms with Gasteiger partial charge in [0.1, 0.15) is 78.5 Å². The molecule has 13 atom stereocenters. The van der Waals surface area contributed by atoms with Crippen LogP contribution in [0.5, 0.6) is 0 Å². The summed E-state index contributed by atoms with van der Waals surface area (Å²) >= 11 is 0.778. The van der Waals surface area contributed by atoms with E-state index in [4.69, 9.17) is 22.6 Å². The molecule has 0 radical (unpaired) electrons. The van der Waals surface area contributed by atoms with Crippen LogP contribution in [0.25, 0.3) is 32.9 Å². The van der Waals surface area contributed by atoms with Crippen LogP contribution in [0.2, 0.25) is 0 Å². The Kier molecular flexibility index (Phi) is 37.6. The number of hydrogen-bond acceptors (Lipinski definition) is 21. The summed E-state index contributed by atoms with van der Waals surface area (Å²) in [4.78, 5) is 263. The molecule has 1 unspecified atom stereocenters. The maximum Gasteiger partial charge on any atom is 0.246 e. The van der Waals surface area contributed by atoms with Crippen molar-refractivity contribution in [2.45, 2.75) is 177 Å². The summed E-state index contributed by atoms with van der Waals surface area (Å²) in [7, 11) is 2.51. The molecule has 724 valence electrons. The van der Waals surface area contributed by atoms with Crippen LogP contribution in [0.4, 0.5) is 0 Å². The Hall–Kier alpha value is -15.0. The Morgan fingerprint density at radius 1 is 0.507 bits per heavy atom. The van der Waals surface area contributed by atoms with Gasteiger partial charge in [0.25, 0.3) is 0 Å². The molecule has 10 rings (SSSR count). The van der Waals surface area contributed by atoms with Gasteiger partial charge in [0.15, 0.2) is 5.96 Å². The van der Waals surface area contributed by atoms with Gasteiger partial charge in [-0.1, -0.05) is 135 Å². The predicted octanol–water partition coefficient (Wildman–Crippen LogP) is -2.27. The molecule has 8 aromatic rings. The van der Waals surface area contributed by atoms with Crippen molar-refractivity contribution in [3.63, 3.8) is 0 Å². The van der Waals surface area contributed by atoms with Crippen LogP contribution < -0.4 is 86.3 Å². The zero-order chi connectivity index (χ0) is 98.4. The summed E-state index contributed by atoms with van der Waals surface area (Å²) in [6, 6.07) is 18.5. The van der Waals surface area contributed by atoms with Crippen molar-refractivity contribution < 1.29 is 86.6 Å². The quantitative estimate of drug-likeness (QED) is 0.0182. The molecule has 0 bridgehead atoms. The zero-order valence-electron chi connectivity index (χ0n) is 76.1. The van der Waals surface area contributed by atoms with Gasteiger partial charge in [-0.15, -0.1) is 11.8 Å². The molecule has 0 spiro atoms. The molecular formula is C93H118N24O18S. The van der Waals surface area contributed by atoms with E-state index in [1.165, 1.54) is 40.5 Å². The maximum absolute atomic E-state index is 15.6. The standard InChI is InChI=1S/C93H118N24O18S/c1-51(2)35-66-82(125)103-46-78(121)105-67(38-58-42-100-63-25-15-13-23-61(58)63)85(128)113-73(47-118)88(131)109-68(39-59-43-101-64-26-16-14-24-62(59)64)86(129)112-71(37-55-29-31-57(32-30-55)56-21-11-8-12-22-56)91(134)116(6)52(3)80(123)107-65(27-17-33-99-93(96)97)84(127)114-74(83(126)102-45-77(95)120)48-136-49-79(122)106-70(36-54-19-9-7-10-20-54)90(133)115(5)53(4)81(124)111-72(41-76(94)119)92(135)117-34-18-28-75(117)89(132)110-69(87(130)108-66)40-60-44-98-50-104-60/h7-16,19-26,29-32,42-44,50-53,65-75,100-101,118H,17-18,27-28,33-41,45-49H2,1-6H3,(H2,94,119)(H2,95,120)(H,98,104)(H,102,126)(H,103,125)(H,105,121)(H,106,122)(H,107,123)(H,108,130)(H,109,131)(H,110,132)(H,111,124)(H,112,129)(H,113,128)(H,114,127)(H4,96,97,99)/t52-,53-,65-,66-,67-,68-,69-,70-,71-,72-,73-,74-,75?/m0/s1. The van der Waals surface area contributed by atoms with Crippen LogP contribution in [0, 0.1) is 11.3 Å². The Labute approximate surface area is 787 Å². The molecule has 5 heterocycles. The number of fused-ring (bicyclic) bond motifs is 3. The normalized spacial score (nSPS) is 22.9. The van der Waals surface area contributed by atoms with Crippen molar-refractivity contribution in [3.8, 4) is 11.1 Å². The monoisotopic (exact) mass is 1890 g/mol. The summed E-state index contributed by atoms with van der Waals surface area (Å²) in [5, 5.41) is 54.3. The number of para-hydroxylation sites is 2. The van der Waals surface area contributed by atoms with E-state index in [1.54, 1.807) is 129 Å². The number of aromatic amines is 3. The lowest BCUT2D eigenvalue weighted by molar-refractivity contribution is -0.145. The van der Waals surface area contributed by atoms with E-state index in [9.17, 15) is 67.4 Å². The number of imidazole rings is 1. The number of carbonyl (C=O) groups is 17. The van der Waals surface area contributed by atoms with Crippen LogP contribution in [0.15, 0.2) is 158 Å². The number of thioether (sulfide) groups is 1. The molecule has 5 aromatic carbocycles. The van der Waals surface area contributed by atoms with E-state index in [0.29, 0.717) is 49.8 Å². The number of aliphatic hydroxyl groups is 1. The fourth-order valence-electron chi connectivity index (χ4n) is 15.8. The van der Waals surface area contributed by atoms with Crippen molar-refractivity contribution in [1.82, 2.24) is 104 Å². The van der Waals surface area contributed by atoms with Crippen molar-refractivity contribution in [3.05, 3.63) is 186 Å². The van der Waals surface area contributed by atoms with Gasteiger partial charge in [-0.2, -0.15) is 0 Å². The highest BCUT2D eigenvalue weighted by molar-refractivity contribution is 8.00. The minimum atomic E-state index is -1.89. The number of rotatable bonds is 23. The van der Waals surface area contributed by atoms with Crippen LogP contribution in [0.3, 0.4) is 0 Å². The second-order valence-corrected chi connectivity index (χ2v) is 34.9. The van der Waals surface area contributed by atoms with Gasteiger partial charge in [0, 0.05) is 111 Å². The van der Waals surface area contributed by atoms with Gasteiger partial charge in [-0.05, 0) is 97.4 Å². The van der Waals surface area contributed by atoms with Crippen molar-refractivity contribution in [2.24, 2.45) is 23.1 Å². The Morgan fingerprint density at radius 2 is 1.00 bits per heavy atom. The molecule has 42 nitrogen and oxygen atoms in total. The molecule has 3 aromatic heterocycles. The highest BCUT2D eigenvalue weighted by Crippen LogP contribution is 2.26. The molecule has 2 saturated heterocycles. The average molecular weight is 1890 g/mol. The fraction of sp³-hybridized carbons (Fsp3) is 0.409. The number of aromatic nitrogens is 4.